The molecule has 2 aromatic rings. The van der Waals surface area contributed by atoms with Crippen LogP contribution in [-0.2, 0) is 14.8 Å². The molecule has 172 valence electrons. The van der Waals surface area contributed by atoms with Crippen LogP contribution in [0, 0.1) is 0 Å². The molecule has 8 heteroatoms. The zero-order valence-electron chi connectivity index (χ0n) is 18.3. The molecule has 2 heterocycles. The van der Waals surface area contributed by atoms with Gasteiger partial charge in [-0.05, 0) is 30.5 Å². The number of ketones is 1. The number of rotatable bonds is 9. The second kappa shape index (κ2) is 10.7. The Morgan fingerprint density at radius 1 is 0.938 bits per heavy atom. The van der Waals surface area contributed by atoms with Crippen LogP contribution in [0.5, 0.6) is 0 Å². The second-order valence-electron chi connectivity index (χ2n) is 8.26. The molecule has 2 aromatic carbocycles. The first-order valence-electron chi connectivity index (χ1n) is 11.3. The van der Waals surface area contributed by atoms with Gasteiger partial charge in [-0.1, -0.05) is 42.5 Å². The smallest absolute Gasteiger partial charge is 0.243 e. The van der Waals surface area contributed by atoms with Gasteiger partial charge in [0, 0.05) is 44.3 Å². The number of nitrogens with one attached hydrogen (secondary N) is 1. The number of sulfonamides is 1. The predicted octanol–water partition coefficient (Wildman–Crippen LogP) is 2.32. The van der Waals surface area contributed by atoms with Crippen molar-refractivity contribution >= 4 is 15.8 Å². The number of morpholine rings is 1. The molecule has 7 nitrogen and oxygen atoms in total. The monoisotopic (exact) mass is 457 g/mol. The lowest BCUT2D eigenvalue weighted by Crippen LogP contribution is -2.43. The molecule has 1 N–H and O–H groups in total. The van der Waals surface area contributed by atoms with E-state index in [4.69, 9.17) is 4.74 Å². The van der Waals surface area contributed by atoms with Crippen molar-refractivity contribution in [2.45, 2.75) is 23.8 Å². The van der Waals surface area contributed by atoms with Gasteiger partial charge in [-0.25, -0.2) is 8.42 Å². The van der Waals surface area contributed by atoms with E-state index in [0.29, 0.717) is 25.2 Å². The van der Waals surface area contributed by atoms with Crippen molar-refractivity contribution in [1.29, 1.82) is 0 Å². The Labute approximate surface area is 190 Å². The molecule has 0 radical (unpaired) electrons. The van der Waals surface area contributed by atoms with Crippen LogP contribution < -0.4 is 5.32 Å². The average Bonchev–Trinajstić information content (AvgIpc) is 3.39. The molecular weight excluding hydrogens is 426 g/mol. The van der Waals surface area contributed by atoms with Crippen LogP contribution >= 0.6 is 0 Å². The third kappa shape index (κ3) is 5.44. The number of ether oxygens (including phenoxy) is 1. The summed E-state index contributed by atoms with van der Waals surface area (Å²) in [6.07, 6.45) is 1.80. The van der Waals surface area contributed by atoms with Crippen LogP contribution in [-0.4, -0.2) is 75.9 Å². The molecule has 0 spiro atoms. The molecule has 1 unspecified atom stereocenters. The van der Waals surface area contributed by atoms with Gasteiger partial charge in [0.25, 0.3) is 0 Å². The van der Waals surface area contributed by atoms with E-state index in [1.165, 1.54) is 9.87 Å². The zero-order valence-corrected chi connectivity index (χ0v) is 19.1. The van der Waals surface area contributed by atoms with Gasteiger partial charge in [0.15, 0.2) is 5.78 Å². The van der Waals surface area contributed by atoms with E-state index in [2.05, 4.69) is 22.3 Å². The van der Waals surface area contributed by atoms with Crippen LogP contribution in [0.2, 0.25) is 0 Å². The molecule has 4 rings (SSSR count). The standard InChI is InChI=1S/C24H31N3O4S/c28-24(21-8-10-22(11-9-21)32(29,30)27-12-4-5-13-27)19-25-18-23(20-6-2-1-3-7-20)26-14-16-31-17-15-26/h1-3,6-11,23,25H,4-5,12-19H2. The Morgan fingerprint density at radius 2 is 1.59 bits per heavy atom. The minimum absolute atomic E-state index is 0.0519. The molecule has 0 aromatic heterocycles. The van der Waals surface area contributed by atoms with Gasteiger partial charge in [0.05, 0.1) is 24.7 Å². The second-order valence-corrected chi connectivity index (χ2v) is 10.2. The van der Waals surface area contributed by atoms with E-state index in [9.17, 15) is 13.2 Å². The van der Waals surface area contributed by atoms with Crippen LogP contribution in [0.15, 0.2) is 59.5 Å². The minimum atomic E-state index is -3.46. The fraction of sp³-hybridized carbons (Fsp3) is 0.458. The number of carbonyl (C=O) groups excluding carboxylic acids is 1. The van der Waals surface area contributed by atoms with E-state index >= 15 is 0 Å². The summed E-state index contributed by atoms with van der Waals surface area (Å²) in [5, 5.41) is 3.31. The van der Waals surface area contributed by atoms with Crippen molar-refractivity contribution in [3.05, 3.63) is 65.7 Å². The molecular formula is C24H31N3O4S. The molecule has 2 aliphatic heterocycles. The summed E-state index contributed by atoms with van der Waals surface area (Å²) in [7, 11) is -3.46. The summed E-state index contributed by atoms with van der Waals surface area (Å²) in [5.41, 5.74) is 1.73. The third-order valence-electron chi connectivity index (χ3n) is 6.17. The van der Waals surface area contributed by atoms with Crippen molar-refractivity contribution in [3.8, 4) is 0 Å². The SMILES string of the molecule is O=C(CNCC(c1ccccc1)N1CCOCC1)c1ccc(S(=O)(=O)N2CCCC2)cc1. The highest BCUT2D eigenvalue weighted by molar-refractivity contribution is 7.89. The fourth-order valence-corrected chi connectivity index (χ4v) is 5.85. The van der Waals surface area contributed by atoms with Gasteiger partial charge in [0.2, 0.25) is 10.0 Å². The van der Waals surface area contributed by atoms with Crippen LogP contribution in [0.25, 0.3) is 0 Å². The maximum absolute atomic E-state index is 12.7. The third-order valence-corrected chi connectivity index (χ3v) is 8.09. The molecule has 0 saturated carbocycles. The number of carbonyl (C=O) groups is 1. The first-order chi connectivity index (χ1) is 15.6. The maximum atomic E-state index is 12.7. The van der Waals surface area contributed by atoms with Gasteiger partial charge in [-0.2, -0.15) is 4.31 Å². The molecule has 2 fully saturated rings. The Bertz CT molecular complexity index is 984. The largest absolute Gasteiger partial charge is 0.379 e. The number of hydrogen-bond donors (Lipinski definition) is 1. The van der Waals surface area contributed by atoms with Crippen molar-refractivity contribution < 1.29 is 17.9 Å². The first-order valence-corrected chi connectivity index (χ1v) is 12.7. The molecule has 1 atom stereocenters. The first kappa shape index (κ1) is 23.1. The highest BCUT2D eigenvalue weighted by atomic mass is 32.2. The van der Waals surface area contributed by atoms with Gasteiger partial charge in [-0.15, -0.1) is 0 Å². The Kier molecular flexibility index (Phi) is 7.70. The molecule has 0 bridgehead atoms. The summed E-state index contributed by atoms with van der Waals surface area (Å²) < 4.78 is 32.3. The van der Waals surface area contributed by atoms with Gasteiger partial charge in [-0.3, -0.25) is 9.69 Å². The summed E-state index contributed by atoms with van der Waals surface area (Å²) in [5.74, 6) is -0.0519. The highest BCUT2D eigenvalue weighted by Crippen LogP contribution is 2.22. The lowest BCUT2D eigenvalue weighted by Gasteiger charge is -2.35. The topological polar surface area (TPSA) is 79.0 Å². The fourth-order valence-electron chi connectivity index (χ4n) is 4.34. The normalized spacial score (nSPS) is 19.1. The maximum Gasteiger partial charge on any atom is 0.243 e. The van der Waals surface area contributed by atoms with Crippen LogP contribution in [0.1, 0.15) is 34.8 Å². The lowest BCUT2D eigenvalue weighted by atomic mass is 10.0. The molecule has 2 aliphatic rings. The summed E-state index contributed by atoms with van der Waals surface area (Å²) in [6, 6.07) is 16.8. The highest BCUT2D eigenvalue weighted by Gasteiger charge is 2.27. The van der Waals surface area contributed by atoms with E-state index in [1.54, 1.807) is 24.3 Å². The Morgan fingerprint density at radius 3 is 2.25 bits per heavy atom. The van der Waals surface area contributed by atoms with Crippen molar-refractivity contribution in [2.24, 2.45) is 0 Å². The van der Waals surface area contributed by atoms with Crippen molar-refractivity contribution in [2.75, 3.05) is 52.5 Å². The summed E-state index contributed by atoms with van der Waals surface area (Å²) in [4.78, 5) is 15.3. The summed E-state index contributed by atoms with van der Waals surface area (Å²) >= 11 is 0. The Hall–Kier alpha value is -2.10. The van der Waals surface area contributed by atoms with Gasteiger partial charge in [0.1, 0.15) is 0 Å². The van der Waals surface area contributed by atoms with Gasteiger partial charge < -0.3 is 10.1 Å². The van der Waals surface area contributed by atoms with Gasteiger partial charge >= 0.3 is 0 Å². The number of hydrogen-bond acceptors (Lipinski definition) is 6. The number of benzene rings is 2. The van der Waals surface area contributed by atoms with E-state index in [0.717, 1.165) is 39.1 Å². The zero-order chi connectivity index (χ0) is 22.4. The minimum Gasteiger partial charge on any atom is -0.379 e. The van der Waals surface area contributed by atoms with Crippen LogP contribution in [0.3, 0.4) is 0 Å². The van der Waals surface area contributed by atoms with E-state index in [-0.39, 0.29) is 23.3 Å². The summed E-state index contributed by atoms with van der Waals surface area (Å²) in [6.45, 7) is 5.15. The number of Topliss-reactive ketones (excluding diaryl/α,β-unsaturated/α-hetero) is 1. The van der Waals surface area contributed by atoms with E-state index < -0.39 is 10.0 Å². The predicted molar refractivity (Wildman–Crippen MR) is 123 cm³/mol. The molecule has 0 amide bonds. The molecule has 0 aliphatic carbocycles. The molecule has 2 saturated heterocycles. The number of nitrogens with zero attached hydrogens (tertiary/aromatic N) is 2. The van der Waals surface area contributed by atoms with Crippen molar-refractivity contribution in [3.63, 3.8) is 0 Å². The van der Waals surface area contributed by atoms with Crippen LogP contribution in [0.4, 0.5) is 0 Å². The lowest BCUT2D eigenvalue weighted by molar-refractivity contribution is 0.0162. The van der Waals surface area contributed by atoms with Crippen molar-refractivity contribution in [1.82, 2.24) is 14.5 Å². The average molecular weight is 458 g/mol. The molecule has 32 heavy (non-hydrogen) atoms. The quantitative estimate of drug-likeness (QED) is 0.583. The van der Waals surface area contributed by atoms with E-state index in [1.807, 2.05) is 18.2 Å². The Balaban J connectivity index is 1.36.